The Morgan fingerprint density at radius 1 is 1.37 bits per heavy atom. The van der Waals surface area contributed by atoms with Gasteiger partial charge in [0, 0.05) is 12.1 Å². The summed E-state index contributed by atoms with van der Waals surface area (Å²) < 4.78 is 10.3. The van der Waals surface area contributed by atoms with Crippen LogP contribution in [-0.4, -0.2) is 32.7 Å². The third-order valence-corrected chi connectivity index (χ3v) is 3.00. The lowest BCUT2D eigenvalue weighted by Crippen LogP contribution is -2.36. The van der Waals surface area contributed by atoms with Crippen molar-refractivity contribution >= 4 is 5.91 Å². The van der Waals surface area contributed by atoms with Crippen LogP contribution in [0.25, 0.3) is 0 Å². The SMILES string of the molecule is CCC(CCN)NC(=O)c1ccc(OC)cc1OC. The first-order chi connectivity index (χ1) is 9.15. The van der Waals surface area contributed by atoms with E-state index in [2.05, 4.69) is 5.32 Å². The van der Waals surface area contributed by atoms with Gasteiger partial charge in [-0.05, 0) is 31.5 Å². The molecule has 0 aliphatic heterocycles. The third kappa shape index (κ3) is 4.13. The Hall–Kier alpha value is -1.75. The second-order valence-corrected chi connectivity index (χ2v) is 4.22. The lowest BCUT2D eigenvalue weighted by Gasteiger charge is -2.17. The molecule has 1 unspecified atom stereocenters. The van der Waals surface area contributed by atoms with Gasteiger partial charge in [-0.15, -0.1) is 0 Å². The van der Waals surface area contributed by atoms with Crippen molar-refractivity contribution in [1.82, 2.24) is 5.32 Å². The highest BCUT2D eigenvalue weighted by Crippen LogP contribution is 2.24. The summed E-state index contributed by atoms with van der Waals surface area (Å²) in [6, 6.07) is 5.21. The van der Waals surface area contributed by atoms with E-state index in [0.29, 0.717) is 23.6 Å². The summed E-state index contributed by atoms with van der Waals surface area (Å²) in [6.45, 7) is 2.57. The predicted octanol–water partition coefficient (Wildman–Crippen LogP) is 1.56. The summed E-state index contributed by atoms with van der Waals surface area (Å²) >= 11 is 0. The quantitative estimate of drug-likeness (QED) is 0.785. The number of rotatable bonds is 7. The average Bonchev–Trinajstić information content (AvgIpc) is 2.45. The van der Waals surface area contributed by atoms with E-state index in [1.54, 1.807) is 25.3 Å². The van der Waals surface area contributed by atoms with Gasteiger partial charge in [0.05, 0.1) is 19.8 Å². The highest BCUT2D eigenvalue weighted by atomic mass is 16.5. The van der Waals surface area contributed by atoms with Crippen molar-refractivity contribution in [3.63, 3.8) is 0 Å². The summed E-state index contributed by atoms with van der Waals surface area (Å²) in [6.07, 6.45) is 1.61. The molecule has 106 valence electrons. The second kappa shape index (κ2) is 7.63. The van der Waals surface area contributed by atoms with Crippen molar-refractivity contribution in [2.75, 3.05) is 20.8 Å². The molecule has 3 N–H and O–H groups in total. The molecule has 0 aromatic heterocycles. The molecule has 1 aromatic carbocycles. The van der Waals surface area contributed by atoms with Crippen LogP contribution in [0.4, 0.5) is 0 Å². The van der Waals surface area contributed by atoms with E-state index in [1.807, 2.05) is 6.92 Å². The van der Waals surface area contributed by atoms with Gasteiger partial charge in [-0.25, -0.2) is 0 Å². The van der Waals surface area contributed by atoms with Crippen LogP contribution in [-0.2, 0) is 0 Å². The summed E-state index contributed by atoms with van der Waals surface area (Å²) in [5.41, 5.74) is 6.02. The van der Waals surface area contributed by atoms with E-state index in [4.69, 9.17) is 15.2 Å². The van der Waals surface area contributed by atoms with Crippen LogP contribution in [0.1, 0.15) is 30.1 Å². The zero-order valence-corrected chi connectivity index (χ0v) is 11.7. The van der Waals surface area contributed by atoms with E-state index < -0.39 is 0 Å². The van der Waals surface area contributed by atoms with Crippen molar-refractivity contribution < 1.29 is 14.3 Å². The number of methoxy groups -OCH3 is 2. The number of benzene rings is 1. The fourth-order valence-electron chi connectivity index (χ4n) is 1.83. The largest absolute Gasteiger partial charge is 0.497 e. The summed E-state index contributed by atoms with van der Waals surface area (Å²) in [5.74, 6) is 1.00. The van der Waals surface area contributed by atoms with Crippen molar-refractivity contribution in [2.45, 2.75) is 25.8 Å². The highest BCUT2D eigenvalue weighted by Gasteiger charge is 2.16. The summed E-state index contributed by atoms with van der Waals surface area (Å²) in [4.78, 5) is 12.2. The van der Waals surface area contributed by atoms with Crippen LogP contribution in [0.3, 0.4) is 0 Å². The van der Waals surface area contributed by atoms with E-state index >= 15 is 0 Å². The standard InChI is InChI=1S/C14H22N2O3/c1-4-10(7-8-15)16-14(17)12-6-5-11(18-2)9-13(12)19-3/h5-6,9-10H,4,7-8,15H2,1-3H3,(H,16,17). The second-order valence-electron chi connectivity index (χ2n) is 4.22. The van der Waals surface area contributed by atoms with Crippen molar-refractivity contribution in [3.05, 3.63) is 23.8 Å². The van der Waals surface area contributed by atoms with Crippen molar-refractivity contribution in [2.24, 2.45) is 5.73 Å². The maximum absolute atomic E-state index is 12.2. The topological polar surface area (TPSA) is 73.6 Å². The Labute approximate surface area is 114 Å². The number of nitrogens with two attached hydrogens (primary N) is 1. The molecule has 0 spiro atoms. The Kier molecular flexibility index (Phi) is 6.15. The molecule has 1 rings (SSSR count). The van der Waals surface area contributed by atoms with Crippen LogP contribution in [0.15, 0.2) is 18.2 Å². The Morgan fingerprint density at radius 3 is 2.63 bits per heavy atom. The Balaban J connectivity index is 2.86. The third-order valence-electron chi connectivity index (χ3n) is 3.00. The molecular weight excluding hydrogens is 244 g/mol. The lowest BCUT2D eigenvalue weighted by atomic mass is 10.1. The Morgan fingerprint density at radius 2 is 2.11 bits per heavy atom. The molecule has 0 saturated heterocycles. The van der Waals surface area contributed by atoms with Crippen LogP contribution < -0.4 is 20.5 Å². The molecule has 1 amide bonds. The van der Waals surface area contributed by atoms with Gasteiger partial charge in [0.25, 0.3) is 5.91 Å². The summed E-state index contributed by atoms with van der Waals surface area (Å²) in [5, 5.41) is 2.96. The molecule has 0 aliphatic carbocycles. The molecule has 0 fully saturated rings. The lowest BCUT2D eigenvalue weighted by molar-refractivity contribution is 0.0931. The molecule has 1 aromatic rings. The maximum Gasteiger partial charge on any atom is 0.255 e. The first kappa shape index (κ1) is 15.3. The molecule has 5 nitrogen and oxygen atoms in total. The number of hydrogen-bond donors (Lipinski definition) is 2. The van der Waals surface area contributed by atoms with E-state index in [9.17, 15) is 4.79 Å². The van der Waals surface area contributed by atoms with Crippen molar-refractivity contribution in [3.8, 4) is 11.5 Å². The number of carbonyl (C=O) groups is 1. The van der Waals surface area contributed by atoms with Gasteiger partial charge >= 0.3 is 0 Å². The van der Waals surface area contributed by atoms with E-state index in [0.717, 1.165) is 12.8 Å². The number of amides is 1. The van der Waals surface area contributed by atoms with Gasteiger partial charge in [0.15, 0.2) is 0 Å². The molecule has 0 bridgehead atoms. The molecule has 5 heteroatoms. The van der Waals surface area contributed by atoms with Crippen LogP contribution in [0.2, 0.25) is 0 Å². The van der Waals surface area contributed by atoms with Gasteiger partial charge in [-0.3, -0.25) is 4.79 Å². The monoisotopic (exact) mass is 266 g/mol. The number of ether oxygens (including phenoxy) is 2. The molecule has 0 heterocycles. The highest BCUT2D eigenvalue weighted by molar-refractivity contribution is 5.97. The fraction of sp³-hybridized carbons (Fsp3) is 0.500. The normalized spacial score (nSPS) is 11.8. The molecule has 0 aliphatic rings. The number of carbonyl (C=O) groups excluding carboxylic acids is 1. The fourth-order valence-corrected chi connectivity index (χ4v) is 1.83. The minimum Gasteiger partial charge on any atom is -0.497 e. The minimum atomic E-state index is -0.153. The smallest absolute Gasteiger partial charge is 0.255 e. The maximum atomic E-state index is 12.2. The molecule has 1 atom stereocenters. The molecular formula is C14H22N2O3. The van der Waals surface area contributed by atoms with Crippen LogP contribution in [0, 0.1) is 0 Å². The molecule has 19 heavy (non-hydrogen) atoms. The van der Waals surface area contributed by atoms with E-state index in [-0.39, 0.29) is 11.9 Å². The van der Waals surface area contributed by atoms with Gasteiger partial charge in [-0.2, -0.15) is 0 Å². The first-order valence-corrected chi connectivity index (χ1v) is 6.39. The molecule has 0 saturated carbocycles. The van der Waals surface area contributed by atoms with Gasteiger partial charge < -0.3 is 20.5 Å². The van der Waals surface area contributed by atoms with E-state index in [1.165, 1.54) is 7.11 Å². The number of nitrogens with one attached hydrogen (secondary N) is 1. The molecule has 0 radical (unpaired) electrons. The average molecular weight is 266 g/mol. The zero-order chi connectivity index (χ0) is 14.3. The first-order valence-electron chi connectivity index (χ1n) is 6.39. The van der Waals surface area contributed by atoms with Gasteiger partial charge in [0.1, 0.15) is 11.5 Å². The van der Waals surface area contributed by atoms with Gasteiger partial charge in [-0.1, -0.05) is 6.92 Å². The number of hydrogen-bond acceptors (Lipinski definition) is 4. The van der Waals surface area contributed by atoms with Crippen LogP contribution >= 0.6 is 0 Å². The summed E-state index contributed by atoms with van der Waals surface area (Å²) in [7, 11) is 3.10. The Bertz CT molecular complexity index is 421. The van der Waals surface area contributed by atoms with Gasteiger partial charge in [0.2, 0.25) is 0 Å². The minimum absolute atomic E-state index is 0.0873. The predicted molar refractivity (Wildman–Crippen MR) is 74.8 cm³/mol. The van der Waals surface area contributed by atoms with Crippen LogP contribution in [0.5, 0.6) is 11.5 Å². The van der Waals surface area contributed by atoms with Crippen molar-refractivity contribution in [1.29, 1.82) is 0 Å². The zero-order valence-electron chi connectivity index (χ0n) is 11.7.